The number of hydrogen-bond acceptors (Lipinski definition) is 3. The number of hydrogen-bond donors (Lipinski definition) is 1. The molecule has 4 heteroatoms. The van der Waals surface area contributed by atoms with Gasteiger partial charge in [-0.3, -0.25) is 0 Å². The van der Waals surface area contributed by atoms with Crippen LogP contribution in [0.15, 0.2) is 24.3 Å². The Morgan fingerprint density at radius 3 is 2.82 bits per heavy atom. The molecular formula is C7H8NO2P. The molecule has 0 bridgehead atoms. The third kappa shape index (κ3) is 2.00. The van der Waals surface area contributed by atoms with Crippen LogP contribution in [-0.4, -0.2) is 0 Å². The van der Waals surface area contributed by atoms with Crippen molar-refractivity contribution in [1.82, 2.24) is 0 Å². The minimum atomic E-state index is -0.346. The second kappa shape index (κ2) is 4.06. The van der Waals surface area contributed by atoms with Crippen LogP contribution in [0.4, 0.5) is 0 Å². The largest absolute Gasteiger partial charge is 0.407 e. The Labute approximate surface area is 66.5 Å². The highest BCUT2D eigenvalue weighted by molar-refractivity contribution is 7.17. The SMILES string of the molecule is NCc1ccccc1OP=O. The van der Waals surface area contributed by atoms with Gasteiger partial charge in [-0.1, -0.05) is 18.2 Å². The normalized spacial score (nSPS) is 9.91. The zero-order valence-corrected chi connectivity index (χ0v) is 6.75. The Bertz CT molecular complexity index is 252. The predicted octanol–water partition coefficient (Wildman–Crippen LogP) is 1.73. The van der Waals surface area contributed by atoms with Crippen LogP contribution in [0.2, 0.25) is 0 Å². The summed E-state index contributed by atoms with van der Waals surface area (Å²) >= 11 is 0. The fourth-order valence-electron chi connectivity index (χ4n) is 0.802. The van der Waals surface area contributed by atoms with E-state index in [9.17, 15) is 4.57 Å². The van der Waals surface area contributed by atoms with Gasteiger partial charge in [0, 0.05) is 12.1 Å². The van der Waals surface area contributed by atoms with Crippen molar-refractivity contribution in [2.75, 3.05) is 0 Å². The summed E-state index contributed by atoms with van der Waals surface area (Å²) in [6.45, 7) is 0.395. The van der Waals surface area contributed by atoms with E-state index in [1.54, 1.807) is 12.1 Å². The number of nitrogens with two attached hydrogens (primary N) is 1. The summed E-state index contributed by atoms with van der Waals surface area (Å²) in [5.74, 6) is 0.576. The maximum absolute atomic E-state index is 10.1. The lowest BCUT2D eigenvalue weighted by atomic mass is 10.2. The number of para-hydroxylation sites is 1. The fourth-order valence-corrected chi connectivity index (χ4v) is 1.06. The molecule has 0 fully saturated rings. The van der Waals surface area contributed by atoms with Crippen molar-refractivity contribution in [1.29, 1.82) is 0 Å². The van der Waals surface area contributed by atoms with Gasteiger partial charge in [-0.15, -0.1) is 0 Å². The molecule has 0 aliphatic carbocycles. The Kier molecular flexibility index (Phi) is 3.02. The summed E-state index contributed by atoms with van der Waals surface area (Å²) in [4.78, 5) is 0. The van der Waals surface area contributed by atoms with E-state index in [-0.39, 0.29) is 8.69 Å². The molecule has 0 aliphatic rings. The van der Waals surface area contributed by atoms with Crippen LogP contribution in [0.5, 0.6) is 5.75 Å². The van der Waals surface area contributed by atoms with Gasteiger partial charge < -0.3 is 10.3 Å². The first-order valence-corrected chi connectivity index (χ1v) is 3.89. The molecule has 0 aromatic heterocycles. The van der Waals surface area contributed by atoms with Crippen LogP contribution in [0.25, 0.3) is 0 Å². The van der Waals surface area contributed by atoms with Crippen LogP contribution in [0.3, 0.4) is 0 Å². The summed E-state index contributed by atoms with van der Waals surface area (Å²) in [7, 11) is -0.346. The summed E-state index contributed by atoms with van der Waals surface area (Å²) in [6.07, 6.45) is 0. The monoisotopic (exact) mass is 169 g/mol. The molecule has 0 radical (unpaired) electrons. The van der Waals surface area contributed by atoms with Crippen molar-refractivity contribution >= 4 is 8.69 Å². The molecular weight excluding hydrogens is 161 g/mol. The molecule has 1 aromatic carbocycles. The van der Waals surface area contributed by atoms with Crippen molar-refractivity contribution in [2.45, 2.75) is 6.54 Å². The zero-order chi connectivity index (χ0) is 8.10. The highest BCUT2D eigenvalue weighted by Crippen LogP contribution is 2.20. The van der Waals surface area contributed by atoms with E-state index in [0.717, 1.165) is 5.56 Å². The van der Waals surface area contributed by atoms with Crippen molar-refractivity contribution < 1.29 is 9.09 Å². The predicted molar refractivity (Wildman–Crippen MR) is 42.6 cm³/mol. The molecule has 3 nitrogen and oxygen atoms in total. The van der Waals surface area contributed by atoms with E-state index in [4.69, 9.17) is 10.3 Å². The summed E-state index contributed by atoms with van der Waals surface area (Å²) in [5.41, 5.74) is 6.25. The summed E-state index contributed by atoms with van der Waals surface area (Å²) < 4.78 is 14.8. The minimum absolute atomic E-state index is 0.346. The quantitative estimate of drug-likeness (QED) is 0.701. The van der Waals surface area contributed by atoms with Crippen molar-refractivity contribution in [2.24, 2.45) is 5.73 Å². The van der Waals surface area contributed by atoms with E-state index in [1.165, 1.54) is 0 Å². The van der Waals surface area contributed by atoms with E-state index < -0.39 is 0 Å². The molecule has 11 heavy (non-hydrogen) atoms. The minimum Gasteiger partial charge on any atom is -0.407 e. The molecule has 1 aromatic rings. The second-order valence-corrected chi connectivity index (χ2v) is 2.31. The first-order chi connectivity index (χ1) is 5.38. The smallest absolute Gasteiger partial charge is 0.395 e. The molecule has 0 saturated heterocycles. The highest BCUT2D eigenvalue weighted by atomic mass is 31.1. The summed E-state index contributed by atoms with van der Waals surface area (Å²) in [5, 5.41) is 0. The van der Waals surface area contributed by atoms with E-state index >= 15 is 0 Å². The van der Waals surface area contributed by atoms with Crippen molar-refractivity contribution in [3.63, 3.8) is 0 Å². The van der Waals surface area contributed by atoms with Crippen molar-refractivity contribution in [3.05, 3.63) is 29.8 Å². The van der Waals surface area contributed by atoms with Crippen LogP contribution in [0.1, 0.15) is 5.56 Å². The summed E-state index contributed by atoms with van der Waals surface area (Å²) in [6, 6.07) is 7.23. The molecule has 1 rings (SSSR count). The maximum atomic E-state index is 10.1. The standard InChI is InChI=1S/C7H8NO2P/c8-5-6-3-1-2-4-7(6)10-11-9/h1-4H,5,8H2. The molecule has 2 N–H and O–H groups in total. The van der Waals surface area contributed by atoms with Crippen LogP contribution in [-0.2, 0) is 11.1 Å². The van der Waals surface area contributed by atoms with Gasteiger partial charge in [-0.2, -0.15) is 0 Å². The highest BCUT2D eigenvalue weighted by Gasteiger charge is 1.98. The molecule has 0 saturated carbocycles. The van der Waals surface area contributed by atoms with Crippen LogP contribution in [0, 0.1) is 0 Å². The third-order valence-corrected chi connectivity index (χ3v) is 1.60. The van der Waals surface area contributed by atoms with Gasteiger partial charge in [0.25, 0.3) is 0 Å². The Balaban J connectivity index is 2.92. The van der Waals surface area contributed by atoms with E-state index in [2.05, 4.69) is 0 Å². The zero-order valence-electron chi connectivity index (χ0n) is 5.86. The van der Waals surface area contributed by atoms with Gasteiger partial charge in [0.1, 0.15) is 5.75 Å². The van der Waals surface area contributed by atoms with Gasteiger partial charge in [0.15, 0.2) is 0 Å². The number of rotatable bonds is 3. The van der Waals surface area contributed by atoms with Gasteiger partial charge in [0.2, 0.25) is 0 Å². The Morgan fingerprint density at radius 1 is 1.45 bits per heavy atom. The van der Waals surface area contributed by atoms with Gasteiger partial charge >= 0.3 is 8.69 Å². The average molecular weight is 169 g/mol. The first-order valence-electron chi connectivity index (χ1n) is 3.16. The molecule has 0 atom stereocenters. The lowest BCUT2D eigenvalue weighted by molar-refractivity contribution is 0.522. The molecule has 58 valence electrons. The topological polar surface area (TPSA) is 52.3 Å². The Hall–Kier alpha value is -0.920. The molecule has 0 spiro atoms. The maximum Gasteiger partial charge on any atom is 0.395 e. The first kappa shape index (κ1) is 8.18. The van der Waals surface area contributed by atoms with Crippen LogP contribution >= 0.6 is 8.69 Å². The fraction of sp³-hybridized carbons (Fsp3) is 0.143. The van der Waals surface area contributed by atoms with Gasteiger partial charge in [-0.05, 0) is 6.07 Å². The molecule has 0 aliphatic heterocycles. The number of benzene rings is 1. The lowest BCUT2D eigenvalue weighted by Crippen LogP contribution is -1.97. The molecule has 0 amide bonds. The Morgan fingerprint density at radius 2 is 2.18 bits per heavy atom. The van der Waals surface area contributed by atoms with E-state index in [0.29, 0.717) is 12.3 Å². The average Bonchev–Trinajstić information content (AvgIpc) is 2.06. The van der Waals surface area contributed by atoms with Gasteiger partial charge in [0.05, 0.1) is 0 Å². The van der Waals surface area contributed by atoms with Gasteiger partial charge in [-0.25, -0.2) is 4.57 Å². The van der Waals surface area contributed by atoms with Crippen molar-refractivity contribution in [3.8, 4) is 5.75 Å². The lowest BCUT2D eigenvalue weighted by Gasteiger charge is -2.01. The second-order valence-electron chi connectivity index (χ2n) is 1.98. The van der Waals surface area contributed by atoms with E-state index in [1.807, 2.05) is 12.1 Å². The van der Waals surface area contributed by atoms with Crippen LogP contribution < -0.4 is 10.3 Å². The molecule has 0 unspecified atom stereocenters. The molecule has 0 heterocycles. The third-order valence-electron chi connectivity index (χ3n) is 1.33.